The van der Waals surface area contributed by atoms with Gasteiger partial charge in [-0.2, -0.15) is 4.98 Å². The lowest BCUT2D eigenvalue weighted by molar-refractivity contribution is -0.144. The van der Waals surface area contributed by atoms with Crippen LogP contribution in [0.5, 0.6) is 0 Å². The number of nitrogens with one attached hydrogen (secondary N) is 9. The van der Waals surface area contributed by atoms with Gasteiger partial charge in [0.15, 0.2) is 16.3 Å². The second-order valence-corrected chi connectivity index (χ2v) is 28.1. The maximum Gasteiger partial charge on any atom is 0.407 e. The van der Waals surface area contributed by atoms with E-state index in [0.717, 1.165) is 104 Å². The fourth-order valence-electron chi connectivity index (χ4n) is 13.7. The molecular formula is C85H107ClN16O16S. The van der Waals surface area contributed by atoms with Gasteiger partial charge >= 0.3 is 35.9 Å². The molecule has 10 rings (SSSR count). The number of ether oxygens (including phenoxy) is 3. The van der Waals surface area contributed by atoms with Gasteiger partial charge in [-0.25, -0.2) is 38.5 Å². The molecule has 0 bridgehead atoms. The molecule has 0 saturated carbocycles. The number of hydrogen-bond donors (Lipinski definition) is 14. The van der Waals surface area contributed by atoms with Crippen LogP contribution in [-0.2, 0) is 44.7 Å². The van der Waals surface area contributed by atoms with Crippen molar-refractivity contribution < 1.29 is 84.7 Å². The van der Waals surface area contributed by atoms with Gasteiger partial charge < -0.3 is 105 Å². The molecule has 0 saturated heterocycles. The van der Waals surface area contributed by atoms with Crippen LogP contribution in [-0.4, -0.2) is 193 Å². The molecule has 4 atom stereocenters. The SMILES string of the molecule is CCN(CC)c1ccc2c(-c3ccc(NC(=S)NCCCCC(NC(=O)CCC(NC(=O)c4ccc(NCc5cnc6nc(N)[nH]c(=O)c6n5)cc4)C(=O)O)C(=O)O)cc3C(=O)O)c3ccc(=[N+](CC)CC)cc-3oc2c1.CNC(CCCCN)C(=O)OC.CNCCCCC(NC(=O)OCC1c2ccccc2-c2ccccc21)C(=O)OC.[Cl-]. The van der Waals surface area contributed by atoms with Crippen LogP contribution >= 0.6 is 12.2 Å². The van der Waals surface area contributed by atoms with E-state index in [4.69, 9.17) is 37.6 Å². The molecule has 7 aromatic rings. The highest BCUT2D eigenvalue weighted by molar-refractivity contribution is 7.80. The molecule has 1 aliphatic heterocycles. The van der Waals surface area contributed by atoms with E-state index in [0.29, 0.717) is 66.3 Å². The quantitative estimate of drug-likeness (QED) is 0.00540. The number of esters is 2. The van der Waals surface area contributed by atoms with E-state index >= 15 is 0 Å². The van der Waals surface area contributed by atoms with Crippen LogP contribution in [0, 0.1) is 0 Å². The summed E-state index contributed by atoms with van der Waals surface area (Å²) in [6.45, 7) is 13.8. The van der Waals surface area contributed by atoms with Gasteiger partial charge in [-0.3, -0.25) is 24.2 Å². The minimum Gasteiger partial charge on any atom is -1.00 e. The normalized spacial score (nSPS) is 12.2. The number of benzene rings is 6. The number of thiocarbonyl (C=S) groups is 1. The van der Waals surface area contributed by atoms with Crippen molar-refractivity contribution in [1.82, 2.24) is 56.4 Å². The predicted octanol–water partition coefficient (Wildman–Crippen LogP) is 5.81. The zero-order chi connectivity index (χ0) is 85.4. The number of amides is 3. The van der Waals surface area contributed by atoms with E-state index in [2.05, 4.69) is 129 Å². The number of alkyl carbamates (subject to hydrolysis) is 1. The third-order valence-corrected chi connectivity index (χ3v) is 20.3. The predicted molar refractivity (Wildman–Crippen MR) is 457 cm³/mol. The number of methoxy groups -OCH3 is 2. The number of anilines is 4. The van der Waals surface area contributed by atoms with Crippen molar-refractivity contribution in [3.63, 3.8) is 0 Å². The van der Waals surface area contributed by atoms with Crippen molar-refractivity contribution in [3.8, 4) is 33.6 Å². The van der Waals surface area contributed by atoms with Crippen LogP contribution in [0.1, 0.15) is 142 Å². The molecule has 0 fully saturated rings. The van der Waals surface area contributed by atoms with Crippen LogP contribution in [0.3, 0.4) is 0 Å². The molecule has 4 unspecified atom stereocenters. The number of nitrogens with zero attached hydrogens (tertiary/aromatic N) is 5. The van der Waals surface area contributed by atoms with Gasteiger partial charge in [0.05, 0.1) is 44.3 Å². The van der Waals surface area contributed by atoms with Crippen LogP contribution < -0.4 is 86.8 Å². The van der Waals surface area contributed by atoms with Crippen LogP contribution in [0.4, 0.5) is 27.8 Å². The molecule has 32 nitrogen and oxygen atoms in total. The molecule has 0 radical (unpaired) electrons. The summed E-state index contributed by atoms with van der Waals surface area (Å²) in [5.41, 5.74) is 20.4. The molecule has 119 heavy (non-hydrogen) atoms. The van der Waals surface area contributed by atoms with Gasteiger partial charge in [0.25, 0.3) is 11.5 Å². The summed E-state index contributed by atoms with van der Waals surface area (Å²) >= 11 is 5.55. The Bertz CT molecular complexity index is 5030. The number of carbonyl (C=O) groups excluding carboxylic acids is 5. The van der Waals surface area contributed by atoms with Gasteiger partial charge in [-0.05, 0) is 207 Å². The largest absolute Gasteiger partial charge is 1.00 e. The standard InChI is InChI=1S/C54H60N12O10S.C23H28N2O4.C8H18N2O2.ClH/c1-5-65(6-2)34-17-20-37-42(26-34)76-43-27-35(66(7-3)8-4)18-21-38(43)45(37)36-19-16-32(25-39(36)50(70)71)60-54(77)56-24-10-9-11-40(51(72)73)61-44(67)23-22-41(52(74)75)62-48(68)30-12-14-31(15-13-30)57-28-33-29-58-47-46(59-33)49(69)64-53(55)63-47;1-24-14-8-7-13-21(22(26)28-2)25-23(27)29-15-20-18-11-5-3-9-16(18)17-10-4-6-12-19(17)20;1-10-7(8(11)12-2)5-3-4-6-9;/h12-21,25-27,29,40-41H,5-11,22-24,28H2,1-4H3,(H10,55,56,57,58,61,62,63,64,67,68,69,70,71,72,73,74,75,77);3-6,9-12,20-21,24H,7-8,13-15H2,1-2H3,(H,25,27);7,10H,3-6,9H2,1-2H3;1H. The van der Waals surface area contributed by atoms with Gasteiger partial charge in [0.1, 0.15) is 55.2 Å². The molecule has 5 aromatic carbocycles. The molecule has 16 N–H and O–H groups in total. The number of unbranched alkanes of at least 4 members (excludes halogenated alkanes) is 3. The zero-order valence-electron chi connectivity index (χ0n) is 68.1. The number of rotatable bonds is 39. The fourth-order valence-corrected chi connectivity index (χ4v) is 13.9. The number of nitrogens with two attached hydrogens (primary N) is 2. The lowest BCUT2D eigenvalue weighted by Gasteiger charge is -2.22. The van der Waals surface area contributed by atoms with Crippen molar-refractivity contribution in [2.75, 3.05) is 102 Å². The minimum absolute atomic E-state index is 0. The molecule has 34 heteroatoms. The molecular weight excluding hydrogens is 1570 g/mol. The Hall–Kier alpha value is -12.2. The monoisotopic (exact) mass is 1670 g/mol. The summed E-state index contributed by atoms with van der Waals surface area (Å²) in [6, 6.07) is 35.9. The number of hydrogen-bond acceptors (Lipinski definition) is 23. The number of aromatic nitrogens is 4. The summed E-state index contributed by atoms with van der Waals surface area (Å²) < 4.78 is 23.7. The van der Waals surface area contributed by atoms with Crippen molar-refractivity contribution >= 4 is 110 Å². The van der Waals surface area contributed by atoms with Gasteiger partial charge in [0, 0.05) is 83.2 Å². The first kappa shape index (κ1) is 94.0. The number of halogens is 1. The molecule has 3 amide bonds. The third kappa shape index (κ3) is 26.4. The summed E-state index contributed by atoms with van der Waals surface area (Å²) in [5.74, 6) is -5.33. The Morgan fingerprint density at radius 3 is 1.91 bits per heavy atom. The summed E-state index contributed by atoms with van der Waals surface area (Å²) in [7, 11) is 6.36. The third-order valence-electron chi connectivity index (χ3n) is 20.0. The molecule has 0 spiro atoms. The second-order valence-electron chi connectivity index (χ2n) is 27.7. The first-order valence-corrected chi connectivity index (χ1v) is 39.8. The molecule has 636 valence electrons. The lowest BCUT2D eigenvalue weighted by atomic mass is 9.90. The highest BCUT2D eigenvalue weighted by Crippen LogP contribution is 2.45. The van der Waals surface area contributed by atoms with Crippen molar-refractivity contribution in [1.29, 1.82) is 0 Å². The Morgan fingerprint density at radius 1 is 0.672 bits per heavy atom. The first-order valence-electron chi connectivity index (χ1n) is 39.4. The van der Waals surface area contributed by atoms with E-state index in [1.165, 1.54) is 49.7 Å². The topological polar surface area (TPSA) is 464 Å². The van der Waals surface area contributed by atoms with Crippen molar-refractivity contribution in [3.05, 3.63) is 177 Å². The smallest absolute Gasteiger partial charge is 0.407 e. The molecule has 2 aliphatic carbocycles. The van der Waals surface area contributed by atoms with E-state index in [1.807, 2.05) is 67.7 Å². The number of aliphatic carboxylic acids is 2. The number of carboxylic acids is 3. The first-order chi connectivity index (χ1) is 56.9. The summed E-state index contributed by atoms with van der Waals surface area (Å²) in [5, 5.41) is 55.0. The number of likely N-dealkylation sites (N-methyl/N-ethyl adjacent to an activating group) is 1. The number of H-pyrrole nitrogens is 1. The molecule has 3 heterocycles. The van der Waals surface area contributed by atoms with Gasteiger partial charge in [0.2, 0.25) is 17.2 Å². The van der Waals surface area contributed by atoms with E-state index in [9.17, 15) is 58.5 Å². The Morgan fingerprint density at radius 2 is 1.29 bits per heavy atom. The van der Waals surface area contributed by atoms with E-state index in [1.54, 1.807) is 31.3 Å². The minimum atomic E-state index is -1.45. The van der Waals surface area contributed by atoms with E-state index < -0.39 is 65.5 Å². The number of aromatic amines is 1. The van der Waals surface area contributed by atoms with Gasteiger partial charge in [-0.15, -0.1) is 0 Å². The number of fused-ring (bicyclic) bond motifs is 6. The molecule has 3 aliphatic rings. The molecule has 2 aromatic heterocycles. The van der Waals surface area contributed by atoms with Crippen LogP contribution in [0.2, 0.25) is 0 Å². The Balaban J connectivity index is 0.000000379. The van der Waals surface area contributed by atoms with Crippen molar-refractivity contribution in [2.24, 2.45) is 5.73 Å². The summed E-state index contributed by atoms with van der Waals surface area (Å²) in [6.07, 6.45) is 5.93. The maximum atomic E-state index is 13.0. The van der Waals surface area contributed by atoms with Crippen LogP contribution in [0.25, 0.3) is 55.7 Å². The zero-order valence-corrected chi connectivity index (χ0v) is 69.6. The highest BCUT2D eigenvalue weighted by atomic mass is 35.5. The maximum absolute atomic E-state index is 13.0. The fraction of sp³-hybridized carbons (Fsp3) is 0.388. The summed E-state index contributed by atoms with van der Waals surface area (Å²) in [4.78, 5) is 128. The van der Waals surface area contributed by atoms with Gasteiger partial charge in [-0.1, -0.05) is 61.0 Å². The second kappa shape index (κ2) is 47.3. The number of aromatic carboxylic acids is 1. The Labute approximate surface area is 701 Å². The van der Waals surface area contributed by atoms with Crippen LogP contribution in [0.15, 0.2) is 143 Å². The number of nitrogen functional groups attached to an aromatic ring is 1. The Kier molecular flexibility index (Phi) is 37.3. The number of carboxylic acid groups (broad SMARTS) is 3. The average molecular weight is 1680 g/mol. The average Bonchev–Trinajstić information content (AvgIpc) is 1.15. The van der Waals surface area contributed by atoms with E-state index in [-0.39, 0.29) is 96.1 Å². The lowest BCUT2D eigenvalue weighted by Crippen LogP contribution is -3.00. The number of carbonyl (C=O) groups is 8. The van der Waals surface area contributed by atoms with Crippen molar-refractivity contribution in [2.45, 2.75) is 135 Å². The highest BCUT2D eigenvalue weighted by Gasteiger charge is 2.32.